The van der Waals surface area contributed by atoms with Crippen molar-refractivity contribution in [3.8, 4) is 5.13 Å². The summed E-state index contributed by atoms with van der Waals surface area (Å²) in [6, 6.07) is 9.66. The number of aliphatic hydroxyl groups excluding tert-OH is 1. The lowest BCUT2D eigenvalue weighted by Gasteiger charge is -2.30. The van der Waals surface area contributed by atoms with Gasteiger partial charge in [-0.2, -0.15) is 4.98 Å². The van der Waals surface area contributed by atoms with E-state index in [0.717, 1.165) is 35.9 Å². The number of ether oxygens (including phenoxy) is 1. The number of aliphatic hydroxyl groups is 1. The quantitative estimate of drug-likeness (QED) is 0.660. The first-order valence-corrected chi connectivity index (χ1v) is 11.3. The lowest BCUT2D eigenvalue weighted by atomic mass is 9.93. The smallest absolute Gasteiger partial charge is 0.263 e. The fourth-order valence-electron chi connectivity index (χ4n) is 4.08. The van der Waals surface area contributed by atoms with Crippen molar-refractivity contribution in [2.24, 2.45) is 0 Å². The Kier molecular flexibility index (Phi) is 5.41. The van der Waals surface area contributed by atoms with Gasteiger partial charge in [0.25, 0.3) is 5.56 Å². The SMILES string of the molecule is O=c1cc(NC2CCC(O)CC2)nc(N2CCOCC2)n1-c1nc2ccccc2s1. The van der Waals surface area contributed by atoms with Gasteiger partial charge >= 0.3 is 0 Å². The normalized spacial score (nSPS) is 22.4. The van der Waals surface area contributed by atoms with E-state index in [1.807, 2.05) is 24.3 Å². The van der Waals surface area contributed by atoms with Crippen molar-refractivity contribution in [1.29, 1.82) is 0 Å². The van der Waals surface area contributed by atoms with Crippen LogP contribution >= 0.6 is 11.3 Å². The van der Waals surface area contributed by atoms with Gasteiger partial charge < -0.3 is 20.1 Å². The van der Waals surface area contributed by atoms with Gasteiger partial charge in [-0.1, -0.05) is 23.5 Å². The summed E-state index contributed by atoms with van der Waals surface area (Å²) in [5.41, 5.74) is 0.726. The van der Waals surface area contributed by atoms with Crippen molar-refractivity contribution < 1.29 is 9.84 Å². The van der Waals surface area contributed by atoms with Crippen LogP contribution < -0.4 is 15.8 Å². The molecule has 2 aromatic heterocycles. The minimum atomic E-state index is -0.216. The summed E-state index contributed by atoms with van der Waals surface area (Å²) in [4.78, 5) is 24.8. The van der Waals surface area contributed by atoms with Gasteiger partial charge in [-0.15, -0.1) is 0 Å². The van der Waals surface area contributed by atoms with E-state index in [0.29, 0.717) is 43.2 Å². The molecule has 0 amide bonds. The summed E-state index contributed by atoms with van der Waals surface area (Å²) in [5, 5.41) is 13.8. The molecule has 9 heteroatoms. The average molecular weight is 428 g/mol. The maximum atomic E-state index is 13.2. The van der Waals surface area contributed by atoms with Crippen molar-refractivity contribution in [3.63, 3.8) is 0 Å². The third-order valence-electron chi connectivity index (χ3n) is 5.72. The minimum absolute atomic E-state index is 0.149. The maximum Gasteiger partial charge on any atom is 0.263 e. The van der Waals surface area contributed by atoms with Gasteiger partial charge in [0.05, 0.1) is 29.5 Å². The minimum Gasteiger partial charge on any atom is -0.393 e. The van der Waals surface area contributed by atoms with E-state index in [4.69, 9.17) is 9.72 Å². The standard InChI is InChI=1S/C21H25N5O3S/c27-15-7-5-14(6-8-15)22-18-13-19(28)26(20(24-18)25-9-11-29-12-10-25)21-23-16-3-1-2-4-17(16)30-21/h1-4,13-15,22,27H,5-12H2. The van der Waals surface area contributed by atoms with Crippen LogP contribution in [0.5, 0.6) is 0 Å². The number of thiazole rings is 1. The first-order chi connectivity index (χ1) is 14.7. The highest BCUT2D eigenvalue weighted by molar-refractivity contribution is 7.20. The van der Waals surface area contributed by atoms with Crippen molar-refractivity contribution in [3.05, 3.63) is 40.7 Å². The molecule has 8 nitrogen and oxygen atoms in total. The average Bonchev–Trinajstić information content (AvgIpc) is 3.19. The highest BCUT2D eigenvalue weighted by atomic mass is 32.1. The van der Waals surface area contributed by atoms with E-state index >= 15 is 0 Å². The lowest BCUT2D eigenvalue weighted by molar-refractivity contribution is 0.121. The Morgan fingerprint density at radius 2 is 1.87 bits per heavy atom. The van der Waals surface area contributed by atoms with Gasteiger partial charge in [-0.3, -0.25) is 4.79 Å². The van der Waals surface area contributed by atoms with Crippen LogP contribution in [0.4, 0.5) is 11.8 Å². The zero-order chi connectivity index (χ0) is 20.5. The van der Waals surface area contributed by atoms with E-state index in [2.05, 4.69) is 15.2 Å². The molecular formula is C21H25N5O3S. The third kappa shape index (κ3) is 3.92. The number of anilines is 2. The highest BCUT2D eigenvalue weighted by Crippen LogP contribution is 2.28. The van der Waals surface area contributed by atoms with Crippen molar-refractivity contribution in [1.82, 2.24) is 14.5 Å². The van der Waals surface area contributed by atoms with Gasteiger partial charge in [0, 0.05) is 25.2 Å². The number of rotatable bonds is 4. The van der Waals surface area contributed by atoms with Gasteiger partial charge in [0.2, 0.25) is 11.1 Å². The summed E-state index contributed by atoms with van der Waals surface area (Å²) in [7, 11) is 0. The number of fused-ring (bicyclic) bond motifs is 1. The summed E-state index contributed by atoms with van der Waals surface area (Å²) in [6.45, 7) is 2.56. The predicted molar refractivity (Wildman–Crippen MR) is 118 cm³/mol. The number of nitrogens with zero attached hydrogens (tertiary/aromatic N) is 4. The topological polar surface area (TPSA) is 92.5 Å². The first-order valence-electron chi connectivity index (χ1n) is 10.4. The van der Waals surface area contributed by atoms with Crippen molar-refractivity contribution >= 4 is 33.3 Å². The Morgan fingerprint density at radius 1 is 1.10 bits per heavy atom. The number of morpholine rings is 1. The van der Waals surface area contributed by atoms with Crippen molar-refractivity contribution in [2.45, 2.75) is 37.8 Å². The molecule has 1 aromatic carbocycles. The Morgan fingerprint density at radius 3 is 2.63 bits per heavy atom. The molecule has 2 N–H and O–H groups in total. The van der Waals surface area contributed by atoms with E-state index < -0.39 is 0 Å². The van der Waals surface area contributed by atoms with Crippen LogP contribution in [0.1, 0.15) is 25.7 Å². The molecule has 0 bridgehead atoms. The molecule has 1 aliphatic carbocycles. The first kappa shape index (κ1) is 19.5. The number of para-hydroxylation sites is 1. The number of aromatic nitrogens is 3. The molecule has 0 atom stereocenters. The van der Waals surface area contributed by atoms with E-state index in [1.165, 1.54) is 11.3 Å². The van der Waals surface area contributed by atoms with Crippen LogP contribution in [0.2, 0.25) is 0 Å². The Labute approximate surface area is 178 Å². The molecule has 3 aromatic rings. The molecule has 5 rings (SSSR count). The Hall–Kier alpha value is -2.49. The fraction of sp³-hybridized carbons (Fsp3) is 0.476. The Balaban J connectivity index is 1.54. The molecule has 1 saturated carbocycles. The van der Waals surface area contributed by atoms with E-state index in [1.54, 1.807) is 10.6 Å². The third-order valence-corrected chi connectivity index (χ3v) is 6.74. The molecule has 3 heterocycles. The van der Waals surface area contributed by atoms with Crippen LogP contribution in [0.15, 0.2) is 35.1 Å². The van der Waals surface area contributed by atoms with Crippen LogP contribution in [-0.4, -0.2) is 58.1 Å². The summed E-state index contributed by atoms with van der Waals surface area (Å²) < 4.78 is 8.15. The molecule has 1 aliphatic heterocycles. The maximum absolute atomic E-state index is 13.2. The van der Waals surface area contributed by atoms with Crippen LogP contribution in [0.3, 0.4) is 0 Å². The molecule has 0 unspecified atom stereocenters. The van der Waals surface area contributed by atoms with Crippen LogP contribution in [0, 0.1) is 0 Å². The zero-order valence-corrected chi connectivity index (χ0v) is 17.5. The van der Waals surface area contributed by atoms with E-state index in [9.17, 15) is 9.90 Å². The monoisotopic (exact) mass is 427 g/mol. The second-order valence-electron chi connectivity index (χ2n) is 7.83. The van der Waals surface area contributed by atoms with Gasteiger partial charge in [-0.05, 0) is 37.8 Å². The Bertz CT molecular complexity index is 1050. The largest absolute Gasteiger partial charge is 0.393 e. The van der Waals surface area contributed by atoms with Gasteiger partial charge in [0.15, 0.2) is 0 Å². The molecule has 2 fully saturated rings. The van der Waals surface area contributed by atoms with E-state index in [-0.39, 0.29) is 17.7 Å². The number of hydrogen-bond acceptors (Lipinski definition) is 8. The van der Waals surface area contributed by atoms with Gasteiger partial charge in [-0.25, -0.2) is 9.55 Å². The van der Waals surface area contributed by atoms with Crippen LogP contribution in [0.25, 0.3) is 15.3 Å². The second kappa shape index (κ2) is 8.33. The zero-order valence-electron chi connectivity index (χ0n) is 16.7. The molecule has 0 spiro atoms. The predicted octanol–water partition coefficient (Wildman–Crippen LogP) is 2.39. The highest BCUT2D eigenvalue weighted by Gasteiger charge is 2.24. The second-order valence-corrected chi connectivity index (χ2v) is 8.84. The van der Waals surface area contributed by atoms with Crippen molar-refractivity contribution in [2.75, 3.05) is 36.5 Å². The molecular weight excluding hydrogens is 402 g/mol. The molecule has 158 valence electrons. The molecule has 30 heavy (non-hydrogen) atoms. The van der Waals surface area contributed by atoms with Gasteiger partial charge in [0.1, 0.15) is 5.82 Å². The number of hydrogen-bond donors (Lipinski definition) is 2. The van der Waals surface area contributed by atoms with Crippen LogP contribution in [-0.2, 0) is 4.74 Å². The molecule has 0 radical (unpaired) electrons. The number of nitrogens with one attached hydrogen (secondary N) is 1. The number of benzene rings is 1. The molecule has 2 aliphatic rings. The summed E-state index contributed by atoms with van der Waals surface area (Å²) >= 11 is 1.49. The fourth-order valence-corrected chi connectivity index (χ4v) is 5.05. The summed E-state index contributed by atoms with van der Waals surface area (Å²) in [6.07, 6.45) is 3.08. The summed E-state index contributed by atoms with van der Waals surface area (Å²) in [5.74, 6) is 1.18. The lowest BCUT2D eigenvalue weighted by Crippen LogP contribution is -2.40. The molecule has 1 saturated heterocycles.